The standard InChI is InChI=1S/C18H21N7O2/c1-11-8-9-12-6-5-7-13(14(12)21-11)22-16-15(25(26)27)17(20-10-19-16)23-24-18(2,3)4/h5-10,24H,1-4H3,(H2,19,20,22,23). The molecule has 9 heteroatoms. The topological polar surface area (TPSA) is 118 Å². The van der Waals surface area contributed by atoms with Crippen LogP contribution in [-0.4, -0.2) is 25.4 Å². The highest BCUT2D eigenvalue weighted by Gasteiger charge is 2.24. The van der Waals surface area contributed by atoms with E-state index in [1.807, 2.05) is 52.0 Å². The molecular formula is C18H21N7O2. The van der Waals surface area contributed by atoms with Gasteiger partial charge in [0.15, 0.2) is 0 Å². The van der Waals surface area contributed by atoms with Crippen LogP contribution in [0.5, 0.6) is 0 Å². The fourth-order valence-corrected chi connectivity index (χ4v) is 2.45. The Balaban J connectivity index is 2.03. The van der Waals surface area contributed by atoms with Crippen molar-refractivity contribution in [3.63, 3.8) is 0 Å². The van der Waals surface area contributed by atoms with Crippen molar-refractivity contribution in [1.29, 1.82) is 0 Å². The molecule has 0 radical (unpaired) electrons. The van der Waals surface area contributed by atoms with E-state index in [1.165, 1.54) is 6.33 Å². The number of benzene rings is 1. The molecule has 9 nitrogen and oxygen atoms in total. The Morgan fingerprint density at radius 1 is 1.07 bits per heavy atom. The average molecular weight is 367 g/mol. The largest absolute Gasteiger partial charge is 0.354 e. The molecule has 0 atom stereocenters. The molecule has 0 saturated heterocycles. The summed E-state index contributed by atoms with van der Waals surface area (Å²) in [5.41, 5.74) is 7.43. The van der Waals surface area contributed by atoms with Crippen molar-refractivity contribution in [1.82, 2.24) is 20.4 Å². The van der Waals surface area contributed by atoms with E-state index in [1.54, 1.807) is 6.07 Å². The molecule has 0 saturated carbocycles. The maximum Gasteiger partial charge on any atom is 0.354 e. The van der Waals surface area contributed by atoms with Crippen molar-refractivity contribution in [2.75, 3.05) is 10.7 Å². The molecule has 1 aromatic carbocycles. The van der Waals surface area contributed by atoms with Crippen molar-refractivity contribution < 1.29 is 4.92 Å². The van der Waals surface area contributed by atoms with E-state index in [-0.39, 0.29) is 22.9 Å². The first-order valence-electron chi connectivity index (χ1n) is 8.40. The van der Waals surface area contributed by atoms with Crippen molar-refractivity contribution in [3.8, 4) is 0 Å². The van der Waals surface area contributed by atoms with Gasteiger partial charge in [-0.3, -0.25) is 20.5 Å². The molecule has 0 aliphatic carbocycles. The Labute approximate surface area is 156 Å². The Hall–Kier alpha value is -3.33. The summed E-state index contributed by atoms with van der Waals surface area (Å²) >= 11 is 0. The minimum atomic E-state index is -0.515. The lowest BCUT2D eigenvalue weighted by atomic mass is 10.1. The summed E-state index contributed by atoms with van der Waals surface area (Å²) in [5, 5.41) is 15.6. The number of pyridine rings is 1. The van der Waals surface area contributed by atoms with Gasteiger partial charge in [0.05, 0.1) is 16.1 Å². The number of aromatic nitrogens is 3. The number of rotatable bonds is 5. The van der Waals surface area contributed by atoms with E-state index in [0.29, 0.717) is 11.2 Å². The molecule has 2 heterocycles. The summed E-state index contributed by atoms with van der Waals surface area (Å²) in [7, 11) is 0. The highest BCUT2D eigenvalue weighted by molar-refractivity contribution is 5.93. The lowest BCUT2D eigenvalue weighted by Crippen LogP contribution is -2.40. The number of nitro groups is 1. The van der Waals surface area contributed by atoms with Crippen molar-refractivity contribution in [2.45, 2.75) is 33.2 Å². The molecular weight excluding hydrogens is 346 g/mol. The quantitative estimate of drug-likeness (QED) is 0.461. The van der Waals surface area contributed by atoms with Crippen LogP contribution < -0.4 is 16.2 Å². The van der Waals surface area contributed by atoms with E-state index in [2.05, 4.69) is 31.1 Å². The SMILES string of the molecule is Cc1ccc2cccc(Nc3ncnc(NNC(C)(C)C)c3[N+](=O)[O-])c2n1. The number of hydrogen-bond donors (Lipinski definition) is 3. The van der Waals surface area contributed by atoms with Gasteiger partial charge in [0.1, 0.15) is 6.33 Å². The number of nitrogens with zero attached hydrogens (tertiary/aromatic N) is 4. The number of hydrazine groups is 1. The highest BCUT2D eigenvalue weighted by atomic mass is 16.6. The molecule has 0 fully saturated rings. The number of para-hydroxylation sites is 1. The number of fused-ring (bicyclic) bond motifs is 1. The van der Waals surface area contributed by atoms with Gasteiger partial charge in [0.25, 0.3) is 0 Å². The highest BCUT2D eigenvalue weighted by Crippen LogP contribution is 2.33. The van der Waals surface area contributed by atoms with Crippen LogP contribution in [-0.2, 0) is 0 Å². The van der Waals surface area contributed by atoms with Crippen molar-refractivity contribution in [3.05, 3.63) is 52.5 Å². The zero-order chi connectivity index (χ0) is 19.6. The van der Waals surface area contributed by atoms with E-state index >= 15 is 0 Å². The van der Waals surface area contributed by atoms with E-state index in [9.17, 15) is 10.1 Å². The van der Waals surface area contributed by atoms with Crippen LogP contribution in [0.4, 0.5) is 23.0 Å². The first-order chi connectivity index (χ1) is 12.7. The predicted molar refractivity (Wildman–Crippen MR) is 105 cm³/mol. The molecule has 2 aromatic heterocycles. The summed E-state index contributed by atoms with van der Waals surface area (Å²) in [5.74, 6) is 0.167. The molecule has 3 rings (SSSR count). The third-order valence-corrected chi connectivity index (χ3v) is 3.67. The third-order valence-electron chi connectivity index (χ3n) is 3.67. The summed E-state index contributed by atoms with van der Waals surface area (Å²) in [6.07, 6.45) is 1.27. The molecule has 0 bridgehead atoms. The number of nitrogens with one attached hydrogen (secondary N) is 3. The molecule has 0 amide bonds. The predicted octanol–water partition coefficient (Wildman–Crippen LogP) is 3.70. The molecule has 140 valence electrons. The molecule has 3 aromatic rings. The van der Waals surface area contributed by atoms with Crippen molar-refractivity contribution >= 4 is 33.9 Å². The van der Waals surface area contributed by atoms with Gasteiger partial charge in [0.2, 0.25) is 11.6 Å². The zero-order valence-corrected chi connectivity index (χ0v) is 15.6. The molecule has 0 aliphatic heterocycles. The van der Waals surface area contributed by atoms with Crippen LogP contribution in [0.25, 0.3) is 10.9 Å². The lowest BCUT2D eigenvalue weighted by Gasteiger charge is -2.21. The summed E-state index contributed by atoms with van der Waals surface area (Å²) < 4.78 is 0. The first kappa shape index (κ1) is 18.5. The second-order valence-corrected chi connectivity index (χ2v) is 7.13. The van der Waals surface area contributed by atoms with Crippen LogP contribution >= 0.6 is 0 Å². The lowest BCUT2D eigenvalue weighted by molar-refractivity contribution is -0.383. The van der Waals surface area contributed by atoms with Crippen LogP contribution in [0.2, 0.25) is 0 Å². The van der Waals surface area contributed by atoms with E-state index in [0.717, 1.165) is 11.1 Å². The van der Waals surface area contributed by atoms with Gasteiger partial charge < -0.3 is 5.32 Å². The Bertz CT molecular complexity index is 999. The monoisotopic (exact) mass is 367 g/mol. The maximum atomic E-state index is 11.7. The zero-order valence-electron chi connectivity index (χ0n) is 15.6. The normalized spacial score (nSPS) is 11.4. The number of aryl methyl sites for hydroxylation is 1. The fourth-order valence-electron chi connectivity index (χ4n) is 2.45. The maximum absolute atomic E-state index is 11.7. The fraction of sp³-hybridized carbons (Fsp3) is 0.278. The second-order valence-electron chi connectivity index (χ2n) is 7.13. The van der Waals surface area contributed by atoms with E-state index in [4.69, 9.17) is 0 Å². The molecule has 0 spiro atoms. The first-order valence-corrected chi connectivity index (χ1v) is 8.40. The van der Waals surface area contributed by atoms with Gasteiger partial charge in [-0.1, -0.05) is 18.2 Å². The van der Waals surface area contributed by atoms with Gasteiger partial charge in [-0.25, -0.2) is 15.4 Å². The van der Waals surface area contributed by atoms with Gasteiger partial charge in [-0.05, 0) is 39.8 Å². The van der Waals surface area contributed by atoms with Crippen molar-refractivity contribution in [2.24, 2.45) is 0 Å². The molecule has 3 N–H and O–H groups in total. The summed E-state index contributed by atoms with van der Waals surface area (Å²) in [6.45, 7) is 7.67. The second kappa shape index (κ2) is 7.12. The minimum Gasteiger partial charge on any atom is -0.332 e. The third kappa shape index (κ3) is 4.26. The average Bonchev–Trinajstić information content (AvgIpc) is 2.59. The Morgan fingerprint density at radius 2 is 1.81 bits per heavy atom. The van der Waals surface area contributed by atoms with Gasteiger partial charge >= 0.3 is 5.69 Å². The van der Waals surface area contributed by atoms with Crippen LogP contribution in [0, 0.1) is 17.0 Å². The molecule has 0 unspecified atom stereocenters. The Kier molecular flexibility index (Phi) is 4.87. The van der Waals surface area contributed by atoms with Gasteiger partial charge in [-0.2, -0.15) is 0 Å². The smallest absolute Gasteiger partial charge is 0.332 e. The Morgan fingerprint density at radius 3 is 2.52 bits per heavy atom. The van der Waals surface area contributed by atoms with Gasteiger partial charge in [0, 0.05) is 16.6 Å². The minimum absolute atomic E-state index is 0.0804. The summed E-state index contributed by atoms with van der Waals surface area (Å²) in [6, 6.07) is 9.47. The number of anilines is 3. The van der Waals surface area contributed by atoms with Crippen LogP contribution in [0.15, 0.2) is 36.7 Å². The van der Waals surface area contributed by atoms with E-state index < -0.39 is 4.92 Å². The van der Waals surface area contributed by atoms with Gasteiger partial charge in [-0.15, -0.1) is 0 Å². The molecule has 27 heavy (non-hydrogen) atoms. The molecule has 0 aliphatic rings. The van der Waals surface area contributed by atoms with Crippen LogP contribution in [0.1, 0.15) is 26.5 Å². The summed E-state index contributed by atoms with van der Waals surface area (Å²) in [4.78, 5) is 23.8. The number of hydrogen-bond acceptors (Lipinski definition) is 8. The van der Waals surface area contributed by atoms with Crippen LogP contribution in [0.3, 0.4) is 0 Å².